The highest BCUT2D eigenvalue weighted by Crippen LogP contribution is 2.54. The van der Waals surface area contributed by atoms with Gasteiger partial charge in [-0.3, -0.25) is 0 Å². The highest BCUT2D eigenvalue weighted by Gasteiger charge is 2.48. The fourth-order valence-electron chi connectivity index (χ4n) is 3.75. The van der Waals surface area contributed by atoms with E-state index in [2.05, 4.69) is 14.9 Å². The third kappa shape index (κ3) is 2.90. The predicted molar refractivity (Wildman–Crippen MR) is 93.8 cm³/mol. The number of nitrogens with zero attached hydrogens (tertiary/aromatic N) is 2. The molecule has 1 aromatic heterocycles. The normalized spacial score (nSPS) is 21.7. The number of nitrogens with one attached hydrogen (secondary N) is 1. The number of aryl methyl sites for hydroxylation is 1. The molecule has 0 amide bonds. The van der Waals surface area contributed by atoms with E-state index in [0.717, 1.165) is 54.5 Å². The minimum atomic E-state index is 0.611. The average molecular weight is 314 g/mol. The Hall–Kier alpha value is -1.75. The monoisotopic (exact) mass is 314 g/mol. The average Bonchev–Trinajstić information content (AvgIpc) is 2.97. The van der Waals surface area contributed by atoms with Crippen molar-refractivity contribution in [1.82, 2.24) is 9.97 Å². The Kier molecular flexibility index (Phi) is 3.68. The quantitative estimate of drug-likeness (QED) is 0.793. The lowest BCUT2D eigenvalue weighted by atomic mass is 10.1. The first-order valence-electron chi connectivity index (χ1n) is 8.74. The van der Waals surface area contributed by atoms with E-state index in [-0.39, 0.29) is 0 Å². The molecule has 0 unspecified atom stereocenters. The number of ether oxygens (including phenoxy) is 1. The van der Waals surface area contributed by atoms with Gasteiger partial charge < -0.3 is 20.4 Å². The van der Waals surface area contributed by atoms with Crippen LogP contribution in [-0.4, -0.2) is 36.3 Å². The Balaban J connectivity index is 0.000000233. The van der Waals surface area contributed by atoms with Crippen LogP contribution in [0, 0.1) is 12.3 Å². The summed E-state index contributed by atoms with van der Waals surface area (Å²) in [5.74, 6) is 0.956. The van der Waals surface area contributed by atoms with Crippen LogP contribution in [0.1, 0.15) is 37.9 Å². The molecule has 0 bridgehead atoms. The maximum Gasteiger partial charge on any atom is 0.114 e. The molecule has 3 N–H and O–H groups in total. The molecule has 5 heteroatoms. The summed E-state index contributed by atoms with van der Waals surface area (Å²) in [5, 5.41) is 0. The van der Waals surface area contributed by atoms with Crippen LogP contribution in [0.2, 0.25) is 0 Å². The zero-order valence-electron chi connectivity index (χ0n) is 13.9. The van der Waals surface area contributed by atoms with Gasteiger partial charge in [0.05, 0.1) is 16.9 Å². The van der Waals surface area contributed by atoms with Gasteiger partial charge in [0.2, 0.25) is 0 Å². The van der Waals surface area contributed by atoms with Gasteiger partial charge >= 0.3 is 0 Å². The molecular weight excluding hydrogens is 288 g/mol. The number of rotatable bonds is 1. The van der Waals surface area contributed by atoms with E-state index < -0.39 is 0 Å². The molecule has 5 nitrogen and oxygen atoms in total. The van der Waals surface area contributed by atoms with E-state index in [4.69, 9.17) is 10.5 Å². The Bertz CT molecular complexity index is 693. The summed E-state index contributed by atoms with van der Waals surface area (Å²) in [6.45, 7) is 6.27. The minimum Gasteiger partial charge on any atom is -0.397 e. The van der Waals surface area contributed by atoms with Gasteiger partial charge in [-0.1, -0.05) is 0 Å². The number of aromatic amines is 1. The topological polar surface area (TPSA) is 67.2 Å². The van der Waals surface area contributed by atoms with Crippen molar-refractivity contribution in [3.05, 3.63) is 18.0 Å². The summed E-state index contributed by atoms with van der Waals surface area (Å²) in [6, 6.07) is 4.02. The second-order valence-corrected chi connectivity index (χ2v) is 7.21. The maximum absolute atomic E-state index is 6.19. The number of aromatic nitrogens is 2. The van der Waals surface area contributed by atoms with Crippen molar-refractivity contribution in [2.45, 2.75) is 39.0 Å². The van der Waals surface area contributed by atoms with Gasteiger partial charge in [-0.25, -0.2) is 4.98 Å². The number of hydrogen-bond donors (Lipinski definition) is 2. The fourth-order valence-corrected chi connectivity index (χ4v) is 3.75. The first-order chi connectivity index (χ1) is 11.2. The molecule has 23 heavy (non-hydrogen) atoms. The molecule has 5 rings (SSSR count). The lowest BCUT2D eigenvalue weighted by Crippen LogP contribution is -2.21. The van der Waals surface area contributed by atoms with Crippen LogP contribution in [-0.2, 0) is 4.74 Å². The zero-order chi connectivity index (χ0) is 15.9. The molecule has 3 aliphatic rings. The standard InChI is InChI=1S/C14H18N4.C4H8O/c1-9-16-11-3-2-10(15)13(12(11)17-9)18-7-6-14(8-18)4-5-14;1-2-4-5-3-1/h2-3H,4-8,15H2,1H3,(H,16,17);1-4H2. The number of nitrogen functional groups attached to an aromatic ring is 1. The van der Waals surface area contributed by atoms with E-state index in [1.165, 1.54) is 32.1 Å². The molecule has 2 aliphatic heterocycles. The zero-order valence-corrected chi connectivity index (χ0v) is 13.9. The van der Waals surface area contributed by atoms with Crippen LogP contribution >= 0.6 is 0 Å². The molecule has 0 atom stereocenters. The van der Waals surface area contributed by atoms with Crippen LogP contribution in [0.3, 0.4) is 0 Å². The first kappa shape index (κ1) is 14.8. The largest absolute Gasteiger partial charge is 0.397 e. The van der Waals surface area contributed by atoms with Crippen molar-refractivity contribution in [2.75, 3.05) is 36.9 Å². The summed E-state index contributed by atoms with van der Waals surface area (Å²) >= 11 is 0. The third-order valence-corrected chi connectivity index (χ3v) is 5.32. The van der Waals surface area contributed by atoms with E-state index in [9.17, 15) is 0 Å². The second kappa shape index (κ2) is 5.71. The number of benzene rings is 1. The van der Waals surface area contributed by atoms with Crippen LogP contribution in [0.25, 0.3) is 11.0 Å². The SMILES string of the molecule is C1CCOC1.Cc1nc2c(N3CCC4(CC4)C3)c(N)ccc2[nH]1. The maximum atomic E-state index is 6.19. The molecule has 3 fully saturated rings. The Morgan fingerprint density at radius 3 is 2.61 bits per heavy atom. The molecule has 2 aromatic rings. The highest BCUT2D eigenvalue weighted by atomic mass is 16.5. The highest BCUT2D eigenvalue weighted by molar-refractivity contribution is 5.96. The molecule has 124 valence electrons. The van der Waals surface area contributed by atoms with Gasteiger partial charge in [-0.2, -0.15) is 0 Å². The van der Waals surface area contributed by atoms with E-state index in [1.807, 2.05) is 19.1 Å². The van der Waals surface area contributed by atoms with Crippen molar-refractivity contribution in [3.63, 3.8) is 0 Å². The number of anilines is 2. The van der Waals surface area contributed by atoms with Gasteiger partial charge in [0, 0.05) is 26.3 Å². The van der Waals surface area contributed by atoms with E-state index in [0.29, 0.717) is 5.41 Å². The van der Waals surface area contributed by atoms with Gasteiger partial charge in [0.15, 0.2) is 0 Å². The molecule has 1 aromatic carbocycles. The number of fused-ring (bicyclic) bond motifs is 1. The van der Waals surface area contributed by atoms with E-state index >= 15 is 0 Å². The smallest absolute Gasteiger partial charge is 0.114 e. The predicted octanol–water partition coefficient (Wildman–Crippen LogP) is 3.24. The third-order valence-electron chi connectivity index (χ3n) is 5.32. The number of imidazole rings is 1. The Morgan fingerprint density at radius 2 is 2.00 bits per heavy atom. The second-order valence-electron chi connectivity index (χ2n) is 7.21. The van der Waals surface area contributed by atoms with Crippen LogP contribution in [0.5, 0.6) is 0 Å². The molecule has 1 spiro atoms. The van der Waals surface area contributed by atoms with E-state index in [1.54, 1.807) is 0 Å². The van der Waals surface area contributed by atoms with Crippen molar-refractivity contribution in [1.29, 1.82) is 0 Å². The molecule has 1 saturated carbocycles. The van der Waals surface area contributed by atoms with Crippen LogP contribution < -0.4 is 10.6 Å². The molecule has 2 saturated heterocycles. The Morgan fingerprint density at radius 1 is 1.22 bits per heavy atom. The molecule has 3 heterocycles. The number of nitrogens with two attached hydrogens (primary N) is 1. The van der Waals surface area contributed by atoms with Crippen LogP contribution in [0.4, 0.5) is 11.4 Å². The fraction of sp³-hybridized carbons (Fsp3) is 0.611. The van der Waals surface area contributed by atoms with Crippen molar-refractivity contribution in [2.24, 2.45) is 5.41 Å². The number of H-pyrrole nitrogens is 1. The lowest BCUT2D eigenvalue weighted by Gasteiger charge is -2.21. The van der Waals surface area contributed by atoms with Crippen molar-refractivity contribution < 1.29 is 4.74 Å². The molecular formula is C18H26N4O. The summed E-state index contributed by atoms with van der Waals surface area (Å²) in [5.41, 5.74) is 10.9. The van der Waals surface area contributed by atoms with Gasteiger partial charge in [-0.05, 0) is 56.6 Å². The summed E-state index contributed by atoms with van der Waals surface area (Å²) < 4.78 is 4.94. The lowest BCUT2D eigenvalue weighted by molar-refractivity contribution is 0.198. The molecule has 0 radical (unpaired) electrons. The summed E-state index contributed by atoms with van der Waals surface area (Å²) in [7, 11) is 0. The molecule has 1 aliphatic carbocycles. The number of hydrogen-bond acceptors (Lipinski definition) is 4. The Labute approximate surface area is 137 Å². The van der Waals surface area contributed by atoms with Crippen LogP contribution in [0.15, 0.2) is 12.1 Å². The van der Waals surface area contributed by atoms with Crippen molar-refractivity contribution >= 4 is 22.4 Å². The first-order valence-corrected chi connectivity index (χ1v) is 8.74. The van der Waals surface area contributed by atoms with Crippen molar-refractivity contribution in [3.8, 4) is 0 Å². The van der Waals surface area contributed by atoms with Gasteiger partial charge in [0.25, 0.3) is 0 Å². The summed E-state index contributed by atoms with van der Waals surface area (Å²) in [4.78, 5) is 10.3. The summed E-state index contributed by atoms with van der Waals surface area (Å²) in [6.07, 6.45) is 6.64. The minimum absolute atomic E-state index is 0.611. The van der Waals surface area contributed by atoms with Gasteiger partial charge in [0.1, 0.15) is 11.3 Å². The van der Waals surface area contributed by atoms with Gasteiger partial charge in [-0.15, -0.1) is 0 Å².